The summed E-state index contributed by atoms with van der Waals surface area (Å²) in [7, 11) is 0. The summed E-state index contributed by atoms with van der Waals surface area (Å²) >= 11 is 2.96. The number of halogens is 3. The second-order valence-corrected chi connectivity index (χ2v) is 5.19. The third-order valence-corrected chi connectivity index (χ3v) is 3.60. The first-order chi connectivity index (χ1) is 8.16. The molecule has 1 aliphatic rings. The Labute approximate surface area is 108 Å². The molecule has 0 saturated carbocycles. The van der Waals surface area contributed by atoms with Crippen LogP contribution in [0.4, 0.5) is 14.5 Å². The molecule has 1 aliphatic heterocycles. The van der Waals surface area contributed by atoms with Gasteiger partial charge in [-0.3, -0.25) is 0 Å². The molecule has 17 heavy (non-hydrogen) atoms. The Bertz CT molecular complexity index is 392. The highest BCUT2D eigenvalue weighted by molar-refractivity contribution is 9.10. The van der Waals surface area contributed by atoms with Gasteiger partial charge in [0.1, 0.15) is 11.6 Å². The van der Waals surface area contributed by atoms with Crippen molar-refractivity contribution in [1.82, 2.24) is 5.32 Å². The van der Waals surface area contributed by atoms with E-state index in [4.69, 9.17) is 0 Å². The van der Waals surface area contributed by atoms with Crippen LogP contribution in [0.2, 0.25) is 0 Å². The molecular weight excluding hydrogens is 290 g/mol. The minimum Gasteiger partial charge on any atom is -0.382 e. The molecular formula is C12H15BrF2N2. The molecule has 0 radical (unpaired) electrons. The Morgan fingerprint density at radius 1 is 1.35 bits per heavy atom. The normalized spacial score (nSPS) is 20.3. The van der Waals surface area contributed by atoms with E-state index in [1.807, 2.05) is 0 Å². The van der Waals surface area contributed by atoms with Gasteiger partial charge in [0.05, 0.1) is 10.2 Å². The lowest BCUT2D eigenvalue weighted by molar-refractivity contribution is 0.392. The van der Waals surface area contributed by atoms with Crippen molar-refractivity contribution in [2.75, 3.05) is 25.0 Å². The van der Waals surface area contributed by atoms with Crippen LogP contribution >= 0.6 is 15.9 Å². The van der Waals surface area contributed by atoms with Crippen LogP contribution in [0, 0.1) is 17.6 Å². The van der Waals surface area contributed by atoms with E-state index in [-0.39, 0.29) is 10.2 Å². The summed E-state index contributed by atoms with van der Waals surface area (Å²) in [5.41, 5.74) is 0.233. The highest BCUT2D eigenvalue weighted by atomic mass is 79.9. The monoisotopic (exact) mass is 304 g/mol. The zero-order valence-electron chi connectivity index (χ0n) is 9.40. The minimum atomic E-state index is -0.448. The van der Waals surface area contributed by atoms with Gasteiger partial charge in [0, 0.05) is 12.6 Å². The van der Waals surface area contributed by atoms with Crippen molar-refractivity contribution in [3.05, 3.63) is 28.2 Å². The highest BCUT2D eigenvalue weighted by Gasteiger charge is 2.14. The highest BCUT2D eigenvalue weighted by Crippen LogP contribution is 2.23. The van der Waals surface area contributed by atoms with Crippen molar-refractivity contribution in [3.63, 3.8) is 0 Å². The van der Waals surface area contributed by atoms with Crippen molar-refractivity contribution in [3.8, 4) is 0 Å². The number of nitrogens with one attached hydrogen (secondary N) is 2. The molecule has 94 valence electrons. The number of hydrogen-bond donors (Lipinski definition) is 2. The van der Waals surface area contributed by atoms with Gasteiger partial charge in [-0.25, -0.2) is 8.78 Å². The fraction of sp³-hybridized carbons (Fsp3) is 0.500. The van der Waals surface area contributed by atoms with Gasteiger partial charge in [-0.05, 0) is 53.8 Å². The molecule has 1 aromatic carbocycles. The van der Waals surface area contributed by atoms with Crippen LogP contribution in [0.5, 0.6) is 0 Å². The van der Waals surface area contributed by atoms with Crippen molar-refractivity contribution in [1.29, 1.82) is 0 Å². The fourth-order valence-corrected chi connectivity index (χ4v) is 2.33. The second-order valence-electron chi connectivity index (χ2n) is 4.34. The third-order valence-electron chi connectivity index (χ3n) is 2.99. The van der Waals surface area contributed by atoms with E-state index in [0.717, 1.165) is 32.0 Å². The van der Waals surface area contributed by atoms with Crippen molar-refractivity contribution in [2.24, 2.45) is 5.92 Å². The van der Waals surface area contributed by atoms with Crippen LogP contribution in [0.15, 0.2) is 16.6 Å². The van der Waals surface area contributed by atoms with E-state index >= 15 is 0 Å². The molecule has 1 saturated heterocycles. The fourth-order valence-electron chi connectivity index (χ4n) is 2.01. The Morgan fingerprint density at radius 3 is 2.88 bits per heavy atom. The summed E-state index contributed by atoms with van der Waals surface area (Å²) in [6, 6.07) is 2.34. The smallest absolute Gasteiger partial charge is 0.147 e. The molecule has 1 fully saturated rings. The minimum absolute atomic E-state index is 0.153. The van der Waals surface area contributed by atoms with Gasteiger partial charge in [-0.1, -0.05) is 0 Å². The summed E-state index contributed by atoms with van der Waals surface area (Å²) in [5.74, 6) is -0.396. The van der Waals surface area contributed by atoms with Gasteiger partial charge < -0.3 is 10.6 Å². The van der Waals surface area contributed by atoms with Crippen LogP contribution in [0.1, 0.15) is 12.8 Å². The van der Waals surface area contributed by atoms with Gasteiger partial charge in [0.15, 0.2) is 0 Å². The van der Waals surface area contributed by atoms with E-state index in [1.54, 1.807) is 0 Å². The lowest BCUT2D eigenvalue weighted by Gasteiger charge is -2.23. The SMILES string of the molecule is Fc1cc(NCC2CCCNC2)c(F)cc1Br. The molecule has 2 rings (SSSR count). The van der Waals surface area contributed by atoms with Gasteiger partial charge in [-0.15, -0.1) is 0 Å². The van der Waals surface area contributed by atoms with Crippen LogP contribution < -0.4 is 10.6 Å². The molecule has 0 amide bonds. The summed E-state index contributed by atoms with van der Waals surface area (Å²) in [5, 5.41) is 6.27. The van der Waals surface area contributed by atoms with Gasteiger partial charge in [0.2, 0.25) is 0 Å². The first-order valence-corrected chi connectivity index (χ1v) is 6.55. The number of rotatable bonds is 3. The Balaban J connectivity index is 1.96. The summed E-state index contributed by atoms with van der Waals surface area (Å²) < 4.78 is 26.9. The average Bonchev–Trinajstić information content (AvgIpc) is 2.33. The first-order valence-electron chi connectivity index (χ1n) is 5.76. The summed E-state index contributed by atoms with van der Waals surface area (Å²) in [4.78, 5) is 0. The predicted molar refractivity (Wildman–Crippen MR) is 68.1 cm³/mol. The Kier molecular flexibility index (Phi) is 4.34. The molecule has 0 aliphatic carbocycles. The topological polar surface area (TPSA) is 24.1 Å². The number of benzene rings is 1. The van der Waals surface area contributed by atoms with E-state index in [1.165, 1.54) is 6.07 Å². The predicted octanol–water partition coefficient (Wildman–Crippen LogP) is 3.14. The van der Waals surface area contributed by atoms with E-state index in [2.05, 4.69) is 26.6 Å². The third kappa shape index (κ3) is 3.39. The Hall–Kier alpha value is -0.680. The molecule has 2 nitrogen and oxygen atoms in total. The van der Waals surface area contributed by atoms with Crippen LogP contribution in [-0.2, 0) is 0 Å². The van der Waals surface area contributed by atoms with Crippen molar-refractivity contribution >= 4 is 21.6 Å². The van der Waals surface area contributed by atoms with Gasteiger partial charge >= 0.3 is 0 Å². The first kappa shape index (κ1) is 12.8. The lowest BCUT2D eigenvalue weighted by Crippen LogP contribution is -2.33. The molecule has 1 atom stereocenters. The maximum absolute atomic E-state index is 13.5. The molecule has 1 aromatic rings. The zero-order valence-corrected chi connectivity index (χ0v) is 11.0. The van der Waals surface area contributed by atoms with Crippen LogP contribution in [0.3, 0.4) is 0 Å². The molecule has 0 spiro atoms. The molecule has 1 unspecified atom stereocenters. The van der Waals surface area contributed by atoms with Crippen LogP contribution in [0.25, 0.3) is 0 Å². The van der Waals surface area contributed by atoms with Crippen molar-refractivity contribution in [2.45, 2.75) is 12.8 Å². The number of hydrogen-bond acceptors (Lipinski definition) is 2. The van der Waals surface area contributed by atoms with Gasteiger partial charge in [-0.2, -0.15) is 0 Å². The van der Waals surface area contributed by atoms with E-state index < -0.39 is 11.6 Å². The standard InChI is InChI=1S/C12H15BrF2N2/c13-9-4-11(15)12(5-10(9)14)17-7-8-2-1-3-16-6-8/h4-5,8,16-17H,1-3,6-7H2. The molecule has 0 aromatic heterocycles. The van der Waals surface area contributed by atoms with Crippen LogP contribution in [-0.4, -0.2) is 19.6 Å². The maximum atomic E-state index is 13.5. The Morgan fingerprint density at radius 2 is 2.18 bits per heavy atom. The molecule has 1 heterocycles. The number of piperidine rings is 1. The average molecular weight is 305 g/mol. The largest absolute Gasteiger partial charge is 0.382 e. The molecule has 0 bridgehead atoms. The summed E-state index contributed by atoms with van der Waals surface area (Å²) in [6.07, 6.45) is 2.27. The van der Waals surface area contributed by atoms with E-state index in [0.29, 0.717) is 12.5 Å². The zero-order chi connectivity index (χ0) is 12.3. The molecule has 2 N–H and O–H groups in total. The van der Waals surface area contributed by atoms with Gasteiger partial charge in [0.25, 0.3) is 0 Å². The quantitative estimate of drug-likeness (QED) is 0.838. The molecule has 5 heteroatoms. The van der Waals surface area contributed by atoms with Crippen molar-refractivity contribution < 1.29 is 8.78 Å². The van der Waals surface area contributed by atoms with E-state index in [9.17, 15) is 8.78 Å². The lowest BCUT2D eigenvalue weighted by atomic mass is 10.00. The number of anilines is 1. The second kappa shape index (κ2) is 5.78. The maximum Gasteiger partial charge on any atom is 0.147 e. The summed E-state index contributed by atoms with van der Waals surface area (Å²) in [6.45, 7) is 2.66.